The third-order valence-corrected chi connectivity index (χ3v) is 3.00. The van der Waals surface area contributed by atoms with E-state index in [-0.39, 0.29) is 0 Å². The quantitative estimate of drug-likeness (QED) is 0.863. The molecule has 0 aliphatic heterocycles. The number of hydrogen-bond donors (Lipinski definition) is 1. The molecule has 1 aromatic carbocycles. The SMILES string of the molecule is COc1csc(NCCc2ccccc2)n1. The smallest absolute Gasteiger partial charge is 0.226 e. The zero-order valence-electron chi connectivity index (χ0n) is 9.14. The van der Waals surface area contributed by atoms with Crippen LogP contribution in [0.1, 0.15) is 5.56 Å². The second-order valence-electron chi connectivity index (χ2n) is 3.36. The first-order valence-corrected chi connectivity index (χ1v) is 6.04. The molecule has 1 heterocycles. The molecule has 2 aromatic rings. The summed E-state index contributed by atoms with van der Waals surface area (Å²) in [6.45, 7) is 0.890. The number of benzene rings is 1. The Morgan fingerprint density at radius 1 is 1.31 bits per heavy atom. The van der Waals surface area contributed by atoms with Gasteiger partial charge in [-0.1, -0.05) is 30.3 Å². The second-order valence-corrected chi connectivity index (χ2v) is 4.22. The number of ether oxygens (including phenoxy) is 1. The van der Waals surface area contributed by atoms with E-state index in [2.05, 4.69) is 34.6 Å². The molecule has 0 spiro atoms. The highest BCUT2D eigenvalue weighted by molar-refractivity contribution is 7.13. The lowest BCUT2D eigenvalue weighted by Gasteiger charge is -2.02. The summed E-state index contributed by atoms with van der Waals surface area (Å²) in [7, 11) is 1.63. The van der Waals surface area contributed by atoms with Crippen LogP contribution in [0.4, 0.5) is 5.13 Å². The van der Waals surface area contributed by atoms with Crippen molar-refractivity contribution in [1.29, 1.82) is 0 Å². The first-order chi connectivity index (χ1) is 7.88. The first-order valence-electron chi connectivity index (χ1n) is 5.16. The Morgan fingerprint density at radius 2 is 2.12 bits per heavy atom. The van der Waals surface area contributed by atoms with Crippen molar-refractivity contribution in [2.24, 2.45) is 0 Å². The molecule has 0 amide bonds. The number of nitrogens with one attached hydrogen (secondary N) is 1. The van der Waals surface area contributed by atoms with Crippen LogP contribution in [0.5, 0.6) is 5.88 Å². The Hall–Kier alpha value is -1.55. The molecule has 84 valence electrons. The summed E-state index contributed by atoms with van der Waals surface area (Å²) in [5.74, 6) is 0.673. The van der Waals surface area contributed by atoms with Gasteiger partial charge < -0.3 is 10.1 Å². The molecule has 0 radical (unpaired) electrons. The number of thiazole rings is 1. The van der Waals surface area contributed by atoms with E-state index in [0.29, 0.717) is 5.88 Å². The summed E-state index contributed by atoms with van der Waals surface area (Å²) in [5, 5.41) is 6.08. The van der Waals surface area contributed by atoms with Crippen LogP contribution in [-0.4, -0.2) is 18.6 Å². The van der Waals surface area contributed by atoms with Gasteiger partial charge in [-0.3, -0.25) is 0 Å². The van der Waals surface area contributed by atoms with Crippen LogP contribution in [0, 0.1) is 0 Å². The van der Waals surface area contributed by atoms with E-state index in [0.717, 1.165) is 18.1 Å². The third-order valence-electron chi connectivity index (χ3n) is 2.22. The third kappa shape index (κ3) is 2.97. The highest BCUT2D eigenvalue weighted by Crippen LogP contribution is 2.20. The zero-order valence-corrected chi connectivity index (χ0v) is 9.96. The summed E-state index contributed by atoms with van der Waals surface area (Å²) in [4.78, 5) is 4.25. The van der Waals surface area contributed by atoms with E-state index in [1.807, 2.05) is 11.4 Å². The maximum atomic E-state index is 5.02. The van der Waals surface area contributed by atoms with Gasteiger partial charge in [0.15, 0.2) is 5.13 Å². The van der Waals surface area contributed by atoms with Crippen molar-refractivity contribution in [1.82, 2.24) is 4.98 Å². The lowest BCUT2D eigenvalue weighted by Crippen LogP contribution is -2.04. The van der Waals surface area contributed by atoms with Crippen LogP contribution in [0.25, 0.3) is 0 Å². The molecule has 0 bridgehead atoms. The average Bonchev–Trinajstić information content (AvgIpc) is 2.78. The van der Waals surface area contributed by atoms with Crippen molar-refractivity contribution in [3.8, 4) is 5.88 Å². The maximum Gasteiger partial charge on any atom is 0.226 e. The lowest BCUT2D eigenvalue weighted by molar-refractivity contribution is 0.401. The molecule has 0 aliphatic rings. The highest BCUT2D eigenvalue weighted by atomic mass is 32.1. The second kappa shape index (κ2) is 5.51. The average molecular weight is 234 g/mol. The molecule has 1 N–H and O–H groups in total. The van der Waals surface area contributed by atoms with Gasteiger partial charge in [-0.25, -0.2) is 0 Å². The number of aromatic nitrogens is 1. The van der Waals surface area contributed by atoms with Gasteiger partial charge in [0.25, 0.3) is 0 Å². The normalized spacial score (nSPS) is 10.1. The van der Waals surface area contributed by atoms with Crippen LogP contribution in [0.15, 0.2) is 35.7 Å². The monoisotopic (exact) mass is 234 g/mol. The maximum absolute atomic E-state index is 5.02. The molecule has 0 atom stereocenters. The summed E-state index contributed by atoms with van der Waals surface area (Å²) >= 11 is 1.56. The molecule has 2 rings (SSSR count). The van der Waals surface area contributed by atoms with Gasteiger partial charge in [0.2, 0.25) is 5.88 Å². The standard InChI is InChI=1S/C12H14N2OS/c1-15-11-9-16-12(14-11)13-8-7-10-5-3-2-4-6-10/h2-6,9H,7-8H2,1H3,(H,13,14). The molecule has 0 fully saturated rings. The Bertz CT molecular complexity index is 428. The molecule has 0 unspecified atom stereocenters. The van der Waals surface area contributed by atoms with Gasteiger partial charge in [-0.2, -0.15) is 4.98 Å². The van der Waals surface area contributed by atoms with Crippen LogP contribution in [0.3, 0.4) is 0 Å². The van der Waals surface area contributed by atoms with Crippen molar-refractivity contribution in [2.45, 2.75) is 6.42 Å². The minimum absolute atomic E-state index is 0.673. The number of hydrogen-bond acceptors (Lipinski definition) is 4. The largest absolute Gasteiger partial charge is 0.480 e. The number of nitrogens with zero attached hydrogens (tertiary/aromatic N) is 1. The van der Waals surface area contributed by atoms with Crippen LogP contribution in [0.2, 0.25) is 0 Å². The Labute approximate surface area is 99.1 Å². The predicted octanol–water partition coefficient (Wildman–Crippen LogP) is 2.81. The summed E-state index contributed by atoms with van der Waals surface area (Å²) in [6, 6.07) is 10.4. The molecule has 4 heteroatoms. The fourth-order valence-corrected chi connectivity index (χ4v) is 2.08. The van der Waals surface area contributed by atoms with Crippen LogP contribution >= 0.6 is 11.3 Å². The van der Waals surface area contributed by atoms with Crippen molar-refractivity contribution < 1.29 is 4.74 Å². The number of anilines is 1. The zero-order chi connectivity index (χ0) is 11.2. The molecule has 0 aliphatic carbocycles. The van der Waals surface area contributed by atoms with E-state index < -0.39 is 0 Å². The molecule has 0 saturated carbocycles. The van der Waals surface area contributed by atoms with Crippen LogP contribution < -0.4 is 10.1 Å². The van der Waals surface area contributed by atoms with E-state index >= 15 is 0 Å². The van der Waals surface area contributed by atoms with Gasteiger partial charge in [0, 0.05) is 6.54 Å². The molecule has 1 aromatic heterocycles. The van der Waals surface area contributed by atoms with E-state index in [9.17, 15) is 0 Å². The van der Waals surface area contributed by atoms with Gasteiger partial charge in [0.1, 0.15) is 0 Å². The highest BCUT2D eigenvalue weighted by Gasteiger charge is 2.00. The van der Waals surface area contributed by atoms with E-state index in [4.69, 9.17) is 4.74 Å². The Morgan fingerprint density at radius 3 is 2.81 bits per heavy atom. The van der Waals surface area contributed by atoms with Gasteiger partial charge in [0.05, 0.1) is 12.5 Å². The predicted molar refractivity (Wildman–Crippen MR) is 67.3 cm³/mol. The van der Waals surface area contributed by atoms with Gasteiger partial charge >= 0.3 is 0 Å². The molecular formula is C12H14N2OS. The minimum Gasteiger partial charge on any atom is -0.480 e. The molecule has 0 saturated heterocycles. The fraction of sp³-hybridized carbons (Fsp3) is 0.250. The lowest BCUT2D eigenvalue weighted by atomic mass is 10.2. The first kappa shape index (κ1) is 11.0. The number of methoxy groups -OCH3 is 1. The number of rotatable bonds is 5. The Balaban J connectivity index is 1.80. The van der Waals surface area contributed by atoms with Crippen molar-refractivity contribution in [3.63, 3.8) is 0 Å². The van der Waals surface area contributed by atoms with E-state index in [1.165, 1.54) is 5.56 Å². The minimum atomic E-state index is 0.673. The van der Waals surface area contributed by atoms with Gasteiger partial charge in [-0.15, -0.1) is 11.3 Å². The summed E-state index contributed by atoms with van der Waals surface area (Å²) < 4.78 is 5.02. The molecule has 3 nitrogen and oxygen atoms in total. The van der Waals surface area contributed by atoms with E-state index in [1.54, 1.807) is 18.4 Å². The fourth-order valence-electron chi connectivity index (χ4n) is 1.39. The van der Waals surface area contributed by atoms with Crippen molar-refractivity contribution >= 4 is 16.5 Å². The van der Waals surface area contributed by atoms with Crippen molar-refractivity contribution in [2.75, 3.05) is 19.0 Å². The van der Waals surface area contributed by atoms with Gasteiger partial charge in [-0.05, 0) is 12.0 Å². The Kier molecular flexibility index (Phi) is 3.77. The summed E-state index contributed by atoms with van der Waals surface area (Å²) in [5.41, 5.74) is 1.33. The topological polar surface area (TPSA) is 34.1 Å². The van der Waals surface area contributed by atoms with Crippen molar-refractivity contribution in [3.05, 3.63) is 41.3 Å². The summed E-state index contributed by atoms with van der Waals surface area (Å²) in [6.07, 6.45) is 1.00. The van der Waals surface area contributed by atoms with Crippen LogP contribution in [-0.2, 0) is 6.42 Å². The molecular weight excluding hydrogens is 220 g/mol. The molecule has 16 heavy (non-hydrogen) atoms.